The van der Waals surface area contributed by atoms with Gasteiger partial charge >= 0.3 is 0 Å². The highest BCUT2D eigenvalue weighted by atomic mass is 32.2. The Morgan fingerprint density at radius 3 is 2.96 bits per heavy atom. The molecule has 3 rings (SSSR count). The van der Waals surface area contributed by atoms with Crippen molar-refractivity contribution in [2.24, 2.45) is 5.92 Å². The largest absolute Gasteiger partial charge is 0.356 e. The van der Waals surface area contributed by atoms with Crippen molar-refractivity contribution in [1.29, 1.82) is 0 Å². The van der Waals surface area contributed by atoms with Gasteiger partial charge in [-0.3, -0.25) is 14.2 Å². The molecule has 1 amide bonds. The van der Waals surface area contributed by atoms with Gasteiger partial charge in [-0.2, -0.15) is 0 Å². The standard InChI is InChI=1S/C17H23N3O2S2/c1-4-18-13(21)9-23-17-19-15-14(16(22)20(17)5-2)11-7-6-10(3)8-12(11)24-15/h10H,4-9H2,1-3H3,(H,18,21). The number of nitrogens with zero attached hydrogens (tertiary/aromatic N) is 2. The number of thioether (sulfide) groups is 1. The van der Waals surface area contributed by atoms with E-state index in [0.717, 1.165) is 29.5 Å². The second kappa shape index (κ2) is 7.27. The summed E-state index contributed by atoms with van der Waals surface area (Å²) in [5.74, 6) is 0.929. The van der Waals surface area contributed by atoms with Crippen LogP contribution in [0.25, 0.3) is 10.2 Å². The fourth-order valence-corrected chi connectivity index (χ4v) is 5.49. The molecule has 2 aromatic rings. The van der Waals surface area contributed by atoms with E-state index in [1.807, 2.05) is 13.8 Å². The second-order valence-electron chi connectivity index (χ2n) is 6.22. The predicted octanol–water partition coefficient (Wildman–Crippen LogP) is 2.83. The van der Waals surface area contributed by atoms with Crippen molar-refractivity contribution < 1.29 is 4.79 Å². The van der Waals surface area contributed by atoms with Crippen LogP contribution in [-0.2, 0) is 24.2 Å². The number of rotatable bonds is 5. The summed E-state index contributed by atoms with van der Waals surface area (Å²) < 4.78 is 1.71. The normalized spacial score (nSPS) is 17.0. The number of aryl methyl sites for hydroxylation is 1. The van der Waals surface area contributed by atoms with E-state index in [4.69, 9.17) is 4.98 Å². The van der Waals surface area contributed by atoms with Gasteiger partial charge in [0.25, 0.3) is 5.56 Å². The summed E-state index contributed by atoms with van der Waals surface area (Å²) >= 11 is 3.00. The van der Waals surface area contributed by atoms with Gasteiger partial charge in [0.1, 0.15) is 4.83 Å². The molecule has 0 aliphatic heterocycles. The van der Waals surface area contributed by atoms with Crippen LogP contribution < -0.4 is 10.9 Å². The molecule has 0 fully saturated rings. The molecule has 0 radical (unpaired) electrons. The molecule has 1 atom stereocenters. The molecule has 2 aromatic heterocycles. The number of nitrogens with one attached hydrogen (secondary N) is 1. The summed E-state index contributed by atoms with van der Waals surface area (Å²) in [6.45, 7) is 7.29. The molecule has 0 spiro atoms. The van der Waals surface area contributed by atoms with Crippen molar-refractivity contribution in [3.05, 3.63) is 20.8 Å². The Labute approximate surface area is 149 Å². The fourth-order valence-electron chi connectivity index (χ4n) is 3.17. The zero-order valence-corrected chi connectivity index (χ0v) is 16.0. The predicted molar refractivity (Wildman–Crippen MR) is 100 cm³/mol. The zero-order chi connectivity index (χ0) is 17.3. The molecule has 130 valence electrons. The average molecular weight is 366 g/mol. The lowest BCUT2D eigenvalue weighted by Gasteiger charge is -2.17. The molecule has 24 heavy (non-hydrogen) atoms. The highest BCUT2D eigenvalue weighted by Gasteiger charge is 2.24. The first kappa shape index (κ1) is 17.5. The lowest BCUT2D eigenvalue weighted by Crippen LogP contribution is -2.26. The molecular weight excluding hydrogens is 342 g/mol. The summed E-state index contributed by atoms with van der Waals surface area (Å²) in [7, 11) is 0. The van der Waals surface area contributed by atoms with Gasteiger partial charge in [-0.1, -0.05) is 18.7 Å². The number of aromatic nitrogens is 2. The molecule has 5 nitrogen and oxygen atoms in total. The quantitative estimate of drug-likeness (QED) is 0.654. The van der Waals surface area contributed by atoms with Crippen LogP contribution in [0, 0.1) is 5.92 Å². The lowest BCUT2D eigenvalue weighted by molar-refractivity contribution is -0.118. The molecule has 2 heterocycles. The number of fused-ring (bicyclic) bond motifs is 3. The van der Waals surface area contributed by atoms with Crippen LogP contribution in [0.15, 0.2) is 9.95 Å². The van der Waals surface area contributed by atoms with E-state index >= 15 is 0 Å². The van der Waals surface area contributed by atoms with Crippen LogP contribution in [0.1, 0.15) is 37.6 Å². The minimum absolute atomic E-state index is 0.0289. The third kappa shape index (κ3) is 3.24. The van der Waals surface area contributed by atoms with Crippen LogP contribution in [0.3, 0.4) is 0 Å². The van der Waals surface area contributed by atoms with Gasteiger partial charge in [-0.05, 0) is 44.6 Å². The topological polar surface area (TPSA) is 64.0 Å². The van der Waals surface area contributed by atoms with Crippen LogP contribution in [0.4, 0.5) is 0 Å². The number of thiophene rings is 1. The Morgan fingerprint density at radius 1 is 1.46 bits per heavy atom. The number of hydrogen-bond donors (Lipinski definition) is 1. The molecule has 0 aromatic carbocycles. The van der Waals surface area contributed by atoms with Crippen molar-refractivity contribution in [3.8, 4) is 0 Å². The van der Waals surface area contributed by atoms with Crippen molar-refractivity contribution >= 4 is 39.2 Å². The van der Waals surface area contributed by atoms with Gasteiger partial charge in [0.2, 0.25) is 5.91 Å². The zero-order valence-electron chi connectivity index (χ0n) is 14.3. The number of carbonyl (C=O) groups is 1. The van der Waals surface area contributed by atoms with Crippen LogP contribution in [0.2, 0.25) is 0 Å². The molecule has 1 unspecified atom stereocenters. The molecule has 0 saturated carbocycles. The van der Waals surface area contributed by atoms with E-state index in [9.17, 15) is 9.59 Å². The highest BCUT2D eigenvalue weighted by molar-refractivity contribution is 7.99. The summed E-state index contributed by atoms with van der Waals surface area (Å²) in [6, 6.07) is 0. The first-order valence-electron chi connectivity index (χ1n) is 8.49. The third-order valence-electron chi connectivity index (χ3n) is 4.40. The van der Waals surface area contributed by atoms with E-state index < -0.39 is 0 Å². The Hall–Kier alpha value is -1.34. The summed E-state index contributed by atoms with van der Waals surface area (Å²) in [6.07, 6.45) is 3.16. The van der Waals surface area contributed by atoms with Gasteiger partial charge in [0, 0.05) is 18.0 Å². The molecule has 7 heteroatoms. The fraction of sp³-hybridized carbons (Fsp3) is 0.588. The lowest BCUT2D eigenvalue weighted by atomic mass is 9.89. The van der Waals surface area contributed by atoms with E-state index in [1.165, 1.54) is 22.2 Å². The maximum atomic E-state index is 13.0. The van der Waals surface area contributed by atoms with Crippen molar-refractivity contribution in [2.75, 3.05) is 12.3 Å². The molecule has 0 saturated heterocycles. The highest BCUT2D eigenvalue weighted by Crippen LogP contribution is 2.36. The van der Waals surface area contributed by atoms with E-state index in [0.29, 0.717) is 24.2 Å². The summed E-state index contributed by atoms with van der Waals surface area (Å²) in [5, 5.41) is 4.23. The number of carbonyl (C=O) groups excluding carboxylic acids is 1. The Kier molecular flexibility index (Phi) is 5.30. The Bertz CT molecular complexity index is 825. The van der Waals surface area contributed by atoms with Crippen LogP contribution in [0.5, 0.6) is 0 Å². The van der Waals surface area contributed by atoms with Gasteiger partial charge < -0.3 is 5.32 Å². The van der Waals surface area contributed by atoms with E-state index in [1.54, 1.807) is 15.9 Å². The monoisotopic (exact) mass is 365 g/mol. The first-order chi connectivity index (χ1) is 11.5. The van der Waals surface area contributed by atoms with E-state index in [-0.39, 0.29) is 17.2 Å². The van der Waals surface area contributed by atoms with Gasteiger partial charge in [-0.25, -0.2) is 4.98 Å². The molecular formula is C17H23N3O2S2. The minimum atomic E-state index is -0.0289. The Balaban J connectivity index is 2.02. The first-order valence-corrected chi connectivity index (χ1v) is 10.3. The second-order valence-corrected chi connectivity index (χ2v) is 8.24. The smallest absolute Gasteiger partial charge is 0.263 e. The molecule has 1 N–H and O–H groups in total. The van der Waals surface area contributed by atoms with Crippen molar-refractivity contribution in [2.45, 2.75) is 51.7 Å². The number of hydrogen-bond acceptors (Lipinski definition) is 5. The summed E-state index contributed by atoms with van der Waals surface area (Å²) in [4.78, 5) is 31.6. The van der Waals surface area contributed by atoms with Gasteiger partial charge in [-0.15, -0.1) is 11.3 Å². The molecule has 1 aliphatic carbocycles. The molecule has 1 aliphatic rings. The SMILES string of the molecule is CCNC(=O)CSc1nc2sc3c(c2c(=O)n1CC)CCC(C)C3. The molecule has 0 bridgehead atoms. The summed E-state index contributed by atoms with van der Waals surface area (Å²) in [5.41, 5.74) is 1.26. The maximum absolute atomic E-state index is 13.0. The van der Waals surface area contributed by atoms with Gasteiger partial charge in [0.05, 0.1) is 11.1 Å². The minimum Gasteiger partial charge on any atom is -0.356 e. The number of amides is 1. The van der Waals surface area contributed by atoms with Gasteiger partial charge in [0.15, 0.2) is 5.16 Å². The Morgan fingerprint density at radius 2 is 2.25 bits per heavy atom. The third-order valence-corrected chi connectivity index (χ3v) is 6.53. The van der Waals surface area contributed by atoms with Crippen molar-refractivity contribution in [3.63, 3.8) is 0 Å². The maximum Gasteiger partial charge on any atom is 0.263 e. The average Bonchev–Trinajstić information content (AvgIpc) is 2.90. The van der Waals surface area contributed by atoms with Crippen molar-refractivity contribution in [1.82, 2.24) is 14.9 Å². The van der Waals surface area contributed by atoms with Crippen LogP contribution in [-0.4, -0.2) is 27.8 Å². The van der Waals surface area contributed by atoms with Crippen LogP contribution >= 0.6 is 23.1 Å². The van der Waals surface area contributed by atoms with E-state index in [2.05, 4.69) is 12.2 Å².